The van der Waals surface area contributed by atoms with E-state index in [0.717, 1.165) is 24.2 Å². The fourth-order valence-electron chi connectivity index (χ4n) is 1.26. The van der Waals surface area contributed by atoms with Crippen LogP contribution in [0, 0.1) is 0 Å². The number of rotatable bonds is 6. The summed E-state index contributed by atoms with van der Waals surface area (Å²) in [5.41, 5.74) is 2.44. The third-order valence-corrected chi connectivity index (χ3v) is 2.18. The predicted molar refractivity (Wildman–Crippen MR) is 66.2 cm³/mol. The number of carbonyl (C=O) groups is 1. The molecule has 0 spiro atoms. The van der Waals surface area contributed by atoms with Gasteiger partial charge in [0.1, 0.15) is 5.75 Å². The Morgan fingerprint density at radius 3 is 2.53 bits per heavy atom. The Kier molecular flexibility index (Phi) is 9.17. The van der Waals surface area contributed by atoms with Crippen molar-refractivity contribution in [3.8, 4) is 5.75 Å². The molecule has 1 aromatic rings. The maximum absolute atomic E-state index is 10.9. The quantitative estimate of drug-likeness (QED) is 0.346. The summed E-state index contributed by atoms with van der Waals surface area (Å²) in [5, 5.41) is 8.37. The number of nitrogens with one attached hydrogen (secondary N) is 1. The molecule has 0 bridgehead atoms. The van der Waals surface area contributed by atoms with Crippen molar-refractivity contribution in [3.63, 3.8) is 0 Å². The van der Waals surface area contributed by atoms with E-state index in [4.69, 9.17) is 9.94 Å². The molecule has 4 nitrogen and oxygen atoms in total. The van der Waals surface area contributed by atoms with Crippen molar-refractivity contribution in [2.24, 2.45) is 0 Å². The summed E-state index contributed by atoms with van der Waals surface area (Å²) in [6.45, 7) is 2.83. The Morgan fingerprint density at radius 2 is 2.00 bits per heavy atom. The minimum Gasteiger partial charge on any atom is -0.494 e. The molecule has 1 aromatic carbocycles. The largest absolute Gasteiger partial charge is 0.494 e. The minimum absolute atomic E-state index is 0. The first kappa shape index (κ1) is 16.4. The average Bonchev–Trinajstić information content (AvgIpc) is 2.31. The van der Waals surface area contributed by atoms with Crippen LogP contribution in [0.25, 0.3) is 0 Å². The number of ether oxygens (including phenoxy) is 1. The molecule has 0 aromatic heterocycles. The summed E-state index contributed by atoms with van der Waals surface area (Å²) in [7, 11) is 0. The normalized spacial score (nSPS) is 9.29. The van der Waals surface area contributed by atoms with Crippen LogP contribution in [0.4, 0.5) is 0 Å². The Morgan fingerprint density at radius 1 is 1.35 bits per heavy atom. The zero-order valence-electron chi connectivity index (χ0n) is 10.4. The van der Waals surface area contributed by atoms with Crippen molar-refractivity contribution >= 4 is 35.5 Å². The van der Waals surface area contributed by atoms with Gasteiger partial charge in [-0.3, -0.25) is 10.0 Å². The van der Waals surface area contributed by atoms with Crippen molar-refractivity contribution in [2.75, 3.05) is 6.61 Å². The Hall–Kier alpha value is -0.550. The predicted octanol–water partition coefficient (Wildman–Crippen LogP) is 1.53. The number of carbonyl (C=O) groups excluding carboxylic acids is 1. The standard InChI is InChI=1S/C12H17NO3.Na/c1-2-3-8-16-11-6-4-10(5-7-11)9-12(14)13-15;/h4-7,15H,2-3,8-9H2,1H3,(H,13,14);. The van der Waals surface area contributed by atoms with Crippen molar-refractivity contribution < 1.29 is 14.7 Å². The van der Waals surface area contributed by atoms with Crippen molar-refractivity contribution in [1.29, 1.82) is 0 Å². The van der Waals surface area contributed by atoms with E-state index in [1.165, 1.54) is 0 Å². The molecule has 0 aliphatic heterocycles. The third kappa shape index (κ3) is 6.68. The first-order chi connectivity index (χ1) is 7.76. The molecule has 1 rings (SSSR count). The van der Waals surface area contributed by atoms with Gasteiger partial charge in [0.25, 0.3) is 0 Å². The summed E-state index contributed by atoms with van der Waals surface area (Å²) in [6.07, 6.45) is 2.31. The van der Waals surface area contributed by atoms with Gasteiger partial charge in [-0.05, 0) is 24.1 Å². The molecule has 2 N–H and O–H groups in total. The number of benzene rings is 1. The Bertz CT molecular complexity index is 327. The van der Waals surface area contributed by atoms with Gasteiger partial charge in [-0.25, -0.2) is 5.48 Å². The van der Waals surface area contributed by atoms with Crippen LogP contribution >= 0.6 is 0 Å². The zero-order chi connectivity index (χ0) is 11.8. The molecule has 0 saturated carbocycles. The first-order valence-corrected chi connectivity index (χ1v) is 5.41. The third-order valence-electron chi connectivity index (χ3n) is 2.18. The summed E-state index contributed by atoms with van der Waals surface area (Å²) < 4.78 is 5.48. The molecular weight excluding hydrogens is 229 g/mol. The fraction of sp³-hybridized carbons (Fsp3) is 0.417. The van der Waals surface area contributed by atoms with Crippen LogP contribution in [-0.4, -0.2) is 47.3 Å². The van der Waals surface area contributed by atoms with Crippen molar-refractivity contribution in [1.82, 2.24) is 5.48 Å². The minimum atomic E-state index is -0.417. The molecule has 1 radical (unpaired) electrons. The van der Waals surface area contributed by atoms with Crippen molar-refractivity contribution in [2.45, 2.75) is 26.2 Å². The van der Waals surface area contributed by atoms with Gasteiger partial charge in [0.2, 0.25) is 5.91 Å². The molecule has 0 atom stereocenters. The molecule has 0 aliphatic carbocycles. The molecule has 0 saturated heterocycles. The van der Waals surface area contributed by atoms with Crippen LogP contribution in [0.2, 0.25) is 0 Å². The maximum Gasteiger partial charge on any atom is 0.247 e. The second-order valence-electron chi connectivity index (χ2n) is 3.56. The van der Waals surface area contributed by atoms with Gasteiger partial charge < -0.3 is 4.74 Å². The van der Waals surface area contributed by atoms with Gasteiger partial charge in [0.05, 0.1) is 13.0 Å². The van der Waals surface area contributed by atoms with E-state index in [1.807, 2.05) is 24.3 Å². The number of unbranched alkanes of at least 4 members (excludes halogenated alkanes) is 1. The zero-order valence-corrected chi connectivity index (χ0v) is 12.4. The first-order valence-electron chi connectivity index (χ1n) is 5.41. The molecule has 0 aliphatic rings. The molecular formula is C12H17NNaO3. The van der Waals surface area contributed by atoms with Gasteiger partial charge in [0, 0.05) is 29.6 Å². The van der Waals surface area contributed by atoms with E-state index < -0.39 is 5.91 Å². The second kappa shape index (κ2) is 9.48. The summed E-state index contributed by atoms with van der Waals surface area (Å²) in [4.78, 5) is 10.9. The number of amides is 1. The molecule has 5 heteroatoms. The van der Waals surface area contributed by atoms with Crippen LogP contribution in [0.3, 0.4) is 0 Å². The monoisotopic (exact) mass is 246 g/mol. The van der Waals surface area contributed by atoms with E-state index in [9.17, 15) is 4.79 Å². The van der Waals surface area contributed by atoms with Gasteiger partial charge in [-0.15, -0.1) is 0 Å². The average molecular weight is 246 g/mol. The number of hydrogen-bond acceptors (Lipinski definition) is 3. The van der Waals surface area contributed by atoms with Crippen LogP contribution in [-0.2, 0) is 11.2 Å². The molecule has 17 heavy (non-hydrogen) atoms. The molecule has 1 amide bonds. The summed E-state index contributed by atoms with van der Waals surface area (Å²) in [6, 6.07) is 7.29. The van der Waals surface area contributed by atoms with Gasteiger partial charge in [-0.1, -0.05) is 25.5 Å². The SMILES string of the molecule is CCCCOc1ccc(CC(=O)NO)cc1.[Na]. The topological polar surface area (TPSA) is 58.6 Å². The number of hydrogen-bond donors (Lipinski definition) is 2. The molecule has 0 fully saturated rings. The maximum atomic E-state index is 10.9. The van der Waals surface area contributed by atoms with Gasteiger partial charge >= 0.3 is 0 Å². The van der Waals surface area contributed by atoms with Gasteiger partial charge in [-0.2, -0.15) is 0 Å². The van der Waals surface area contributed by atoms with E-state index in [1.54, 1.807) is 5.48 Å². The number of hydroxylamine groups is 1. The molecule has 89 valence electrons. The van der Waals surface area contributed by atoms with Crippen LogP contribution < -0.4 is 10.2 Å². The van der Waals surface area contributed by atoms with Crippen LogP contribution in [0.5, 0.6) is 5.75 Å². The van der Waals surface area contributed by atoms with E-state index in [0.29, 0.717) is 6.61 Å². The summed E-state index contributed by atoms with van der Waals surface area (Å²) >= 11 is 0. The smallest absolute Gasteiger partial charge is 0.247 e. The van der Waals surface area contributed by atoms with E-state index in [-0.39, 0.29) is 36.0 Å². The second-order valence-corrected chi connectivity index (χ2v) is 3.56. The fourth-order valence-corrected chi connectivity index (χ4v) is 1.26. The summed E-state index contributed by atoms with van der Waals surface area (Å²) in [5.74, 6) is 0.390. The Balaban J connectivity index is 0.00000256. The van der Waals surface area contributed by atoms with E-state index in [2.05, 4.69) is 6.92 Å². The van der Waals surface area contributed by atoms with Crippen molar-refractivity contribution in [3.05, 3.63) is 29.8 Å². The Labute approximate surface area is 124 Å². The van der Waals surface area contributed by atoms with Crippen LogP contribution in [0.15, 0.2) is 24.3 Å². The molecule has 0 heterocycles. The van der Waals surface area contributed by atoms with Gasteiger partial charge in [0.15, 0.2) is 0 Å². The van der Waals surface area contributed by atoms with E-state index >= 15 is 0 Å². The van der Waals surface area contributed by atoms with Crippen LogP contribution in [0.1, 0.15) is 25.3 Å². The molecule has 0 unspecified atom stereocenters.